The molecule has 4 saturated carbocycles. The van der Waals surface area contributed by atoms with E-state index in [0.29, 0.717) is 29.1 Å². The van der Waals surface area contributed by atoms with Crippen molar-refractivity contribution in [2.45, 2.75) is 76.8 Å². The summed E-state index contributed by atoms with van der Waals surface area (Å²) in [5.74, 6) is 1.77. The number of benzene rings is 1. The number of ether oxygens (including phenoxy) is 1. The van der Waals surface area contributed by atoms with E-state index in [1.807, 2.05) is 24.3 Å². The van der Waals surface area contributed by atoms with Crippen LogP contribution in [0.1, 0.15) is 76.8 Å². The zero-order valence-corrected chi connectivity index (χ0v) is 21.6. The van der Waals surface area contributed by atoms with Crippen LogP contribution >= 0.6 is 0 Å². The molecule has 4 amide bonds. The van der Waals surface area contributed by atoms with Crippen LogP contribution in [0.5, 0.6) is 0 Å². The van der Waals surface area contributed by atoms with Crippen LogP contribution < -0.4 is 16.0 Å². The number of urea groups is 2. The fraction of sp³-hybridized carbons (Fsp3) is 0.607. The molecule has 0 radical (unpaired) electrons. The maximum Gasteiger partial charge on any atom is 0.337 e. The Kier molecular flexibility index (Phi) is 6.70. The van der Waals surface area contributed by atoms with E-state index < -0.39 is 12.0 Å². The molecule has 1 aliphatic heterocycles. The van der Waals surface area contributed by atoms with E-state index in [9.17, 15) is 14.4 Å². The highest BCUT2D eigenvalue weighted by atomic mass is 16.5. The summed E-state index contributed by atoms with van der Waals surface area (Å²) in [6.45, 7) is 4.38. The van der Waals surface area contributed by atoms with Gasteiger partial charge in [-0.1, -0.05) is 25.5 Å². The number of anilines is 1. The Hall–Kier alpha value is -3.03. The molecule has 8 nitrogen and oxygen atoms in total. The average molecular weight is 495 g/mol. The van der Waals surface area contributed by atoms with E-state index in [1.54, 1.807) is 11.8 Å². The predicted molar refractivity (Wildman–Crippen MR) is 137 cm³/mol. The van der Waals surface area contributed by atoms with Gasteiger partial charge in [0.2, 0.25) is 0 Å². The molecule has 1 aromatic carbocycles. The third-order valence-electron chi connectivity index (χ3n) is 8.63. The lowest BCUT2D eigenvalue weighted by Crippen LogP contribution is -2.60. The average Bonchev–Trinajstić information content (AvgIpc) is 2.82. The molecule has 0 saturated heterocycles. The fourth-order valence-corrected chi connectivity index (χ4v) is 7.45. The van der Waals surface area contributed by atoms with E-state index in [-0.39, 0.29) is 17.6 Å². The molecule has 36 heavy (non-hydrogen) atoms. The molecule has 194 valence electrons. The molecule has 5 aliphatic rings. The van der Waals surface area contributed by atoms with Crippen molar-refractivity contribution in [3.8, 4) is 0 Å². The second kappa shape index (κ2) is 9.79. The molecule has 4 bridgehead atoms. The van der Waals surface area contributed by atoms with Crippen LogP contribution in [0.15, 0.2) is 35.5 Å². The Morgan fingerprint density at radius 2 is 1.81 bits per heavy atom. The van der Waals surface area contributed by atoms with Gasteiger partial charge >= 0.3 is 18.0 Å². The van der Waals surface area contributed by atoms with Crippen LogP contribution in [0.25, 0.3) is 0 Å². The number of amides is 4. The summed E-state index contributed by atoms with van der Waals surface area (Å²) in [5.41, 5.74) is 2.27. The van der Waals surface area contributed by atoms with Gasteiger partial charge in [-0.2, -0.15) is 0 Å². The normalized spacial score (nSPS) is 30.8. The second-order valence-electron chi connectivity index (χ2n) is 11.3. The fourth-order valence-electron chi connectivity index (χ4n) is 7.45. The number of carbonyl (C=O) groups is 3. The monoisotopic (exact) mass is 494 g/mol. The lowest BCUT2D eigenvalue weighted by molar-refractivity contribution is -0.136. The molecule has 0 spiro atoms. The molecule has 4 fully saturated rings. The molecule has 1 unspecified atom stereocenters. The third-order valence-corrected chi connectivity index (χ3v) is 8.63. The number of allylic oxidation sites excluding steroid dienone is 1. The summed E-state index contributed by atoms with van der Waals surface area (Å²) in [4.78, 5) is 40.4. The van der Waals surface area contributed by atoms with Gasteiger partial charge in [0.05, 0.1) is 18.7 Å². The topological polar surface area (TPSA) is 99.8 Å². The van der Waals surface area contributed by atoms with Crippen molar-refractivity contribution in [3.05, 3.63) is 41.1 Å². The zero-order valence-electron chi connectivity index (χ0n) is 21.6. The van der Waals surface area contributed by atoms with Crippen molar-refractivity contribution in [2.75, 3.05) is 19.0 Å². The summed E-state index contributed by atoms with van der Waals surface area (Å²) in [7, 11) is 1.35. The van der Waals surface area contributed by atoms with Crippen LogP contribution in [0.2, 0.25) is 0 Å². The standard InChI is InChI=1S/C28H38N4O4/c1-4-5-9-32-17(2)23(25(33)36-3)24(30-27(32)35)21-7-6-8-22(13-21)29-26(34)31-28-14-18-10-19(15-28)12-20(11-18)16-28/h6-8,13,18-20,24H,4-5,9-12,14-16H2,1-3H3,(H,30,35)(H2,29,31,34). The van der Waals surface area contributed by atoms with Gasteiger partial charge in [0.1, 0.15) is 0 Å². The highest BCUT2D eigenvalue weighted by molar-refractivity contribution is 5.95. The Balaban J connectivity index is 1.33. The SMILES string of the molecule is CCCCN1C(=O)NC(c2cccc(NC(=O)NC34CC5CC(CC(C5)C3)C4)c2)C(C(=O)OC)=C1C. The Morgan fingerprint density at radius 1 is 1.14 bits per heavy atom. The van der Waals surface area contributed by atoms with Gasteiger partial charge in [0.15, 0.2) is 0 Å². The predicted octanol–water partition coefficient (Wildman–Crippen LogP) is 5.09. The quantitative estimate of drug-likeness (QED) is 0.460. The molecule has 4 aliphatic carbocycles. The van der Waals surface area contributed by atoms with Crippen LogP contribution in [-0.2, 0) is 9.53 Å². The van der Waals surface area contributed by atoms with E-state index in [0.717, 1.165) is 49.9 Å². The summed E-state index contributed by atoms with van der Waals surface area (Å²) < 4.78 is 5.07. The largest absolute Gasteiger partial charge is 0.466 e. The number of nitrogens with zero attached hydrogens (tertiary/aromatic N) is 1. The molecule has 6 rings (SSSR count). The lowest BCUT2D eigenvalue weighted by Gasteiger charge is -2.56. The number of methoxy groups -OCH3 is 1. The third kappa shape index (κ3) is 4.70. The molecule has 1 heterocycles. The second-order valence-corrected chi connectivity index (χ2v) is 11.3. The molecule has 0 aromatic heterocycles. The van der Waals surface area contributed by atoms with E-state index in [2.05, 4.69) is 22.9 Å². The van der Waals surface area contributed by atoms with Crippen molar-refractivity contribution in [1.82, 2.24) is 15.5 Å². The number of unbranched alkanes of at least 4 members (excludes halogenated alkanes) is 1. The Morgan fingerprint density at radius 3 is 2.42 bits per heavy atom. The summed E-state index contributed by atoms with van der Waals surface area (Å²) in [6, 6.07) is 6.25. The first-order chi connectivity index (χ1) is 17.3. The van der Waals surface area contributed by atoms with Gasteiger partial charge in [-0.25, -0.2) is 14.4 Å². The number of hydrogen-bond acceptors (Lipinski definition) is 4. The minimum absolute atomic E-state index is 0.0758. The molecule has 8 heteroatoms. The Bertz CT molecular complexity index is 1050. The molecular formula is C28H38N4O4. The highest BCUT2D eigenvalue weighted by Gasteiger charge is 2.51. The minimum Gasteiger partial charge on any atom is -0.466 e. The number of rotatable bonds is 7. The summed E-state index contributed by atoms with van der Waals surface area (Å²) in [5, 5.41) is 9.32. The zero-order chi connectivity index (χ0) is 25.4. The van der Waals surface area contributed by atoms with Crippen LogP contribution in [0, 0.1) is 17.8 Å². The summed E-state index contributed by atoms with van der Waals surface area (Å²) >= 11 is 0. The Labute approximate surface area is 213 Å². The van der Waals surface area contributed by atoms with Gasteiger partial charge in [-0.15, -0.1) is 0 Å². The first-order valence-corrected chi connectivity index (χ1v) is 13.4. The first kappa shape index (κ1) is 24.7. The van der Waals surface area contributed by atoms with Crippen LogP contribution in [0.3, 0.4) is 0 Å². The maximum atomic E-state index is 13.1. The smallest absolute Gasteiger partial charge is 0.337 e. The molecular weight excluding hydrogens is 456 g/mol. The van der Waals surface area contributed by atoms with Crippen molar-refractivity contribution in [2.24, 2.45) is 17.8 Å². The van der Waals surface area contributed by atoms with E-state index >= 15 is 0 Å². The minimum atomic E-state index is -0.657. The number of nitrogens with one attached hydrogen (secondary N) is 3. The van der Waals surface area contributed by atoms with Crippen molar-refractivity contribution < 1.29 is 19.1 Å². The molecule has 3 N–H and O–H groups in total. The molecule has 1 atom stereocenters. The van der Waals surface area contributed by atoms with E-state index in [1.165, 1.54) is 26.4 Å². The van der Waals surface area contributed by atoms with Gasteiger partial charge in [-0.3, -0.25) is 4.90 Å². The van der Waals surface area contributed by atoms with Gasteiger partial charge < -0.3 is 20.7 Å². The summed E-state index contributed by atoms with van der Waals surface area (Å²) in [6.07, 6.45) is 9.00. The van der Waals surface area contributed by atoms with Crippen molar-refractivity contribution in [3.63, 3.8) is 0 Å². The van der Waals surface area contributed by atoms with Crippen LogP contribution in [0.4, 0.5) is 15.3 Å². The highest BCUT2D eigenvalue weighted by Crippen LogP contribution is 2.55. The first-order valence-electron chi connectivity index (χ1n) is 13.4. The van der Waals surface area contributed by atoms with Gasteiger partial charge in [-0.05, 0) is 87.3 Å². The van der Waals surface area contributed by atoms with Gasteiger partial charge in [0, 0.05) is 23.5 Å². The number of esters is 1. The van der Waals surface area contributed by atoms with Gasteiger partial charge in [0.25, 0.3) is 0 Å². The number of carbonyl (C=O) groups excluding carboxylic acids is 3. The van der Waals surface area contributed by atoms with Crippen molar-refractivity contribution in [1.29, 1.82) is 0 Å². The van der Waals surface area contributed by atoms with E-state index in [4.69, 9.17) is 4.74 Å². The number of hydrogen-bond donors (Lipinski definition) is 3. The molecule has 1 aromatic rings. The van der Waals surface area contributed by atoms with Crippen LogP contribution in [-0.4, -0.2) is 42.1 Å². The lowest BCUT2D eigenvalue weighted by atomic mass is 9.53. The van der Waals surface area contributed by atoms with Crippen molar-refractivity contribution >= 4 is 23.7 Å². The maximum absolute atomic E-state index is 13.1.